The van der Waals surface area contributed by atoms with Crippen LogP contribution in [0.15, 0.2) is 28.1 Å². The Morgan fingerprint density at radius 3 is 2.95 bits per heavy atom. The monoisotopic (exact) mass is 354 g/mol. The van der Waals surface area contributed by atoms with Crippen LogP contribution in [-0.2, 0) is 13.0 Å². The van der Waals surface area contributed by atoms with Gasteiger partial charge in [-0.1, -0.05) is 28.9 Å². The summed E-state index contributed by atoms with van der Waals surface area (Å²) in [5.74, 6) is 0.819. The van der Waals surface area contributed by atoms with Crippen LogP contribution in [0, 0.1) is 0 Å². The van der Waals surface area contributed by atoms with Crippen LogP contribution < -0.4 is 10.5 Å². The first-order valence-corrected chi connectivity index (χ1v) is 8.38. The van der Waals surface area contributed by atoms with Crippen LogP contribution in [0.2, 0.25) is 0 Å². The third kappa shape index (κ3) is 4.04. The maximum absolute atomic E-state index is 5.97. The van der Waals surface area contributed by atoms with Gasteiger partial charge in [0.15, 0.2) is 0 Å². The maximum atomic E-state index is 5.97. The van der Waals surface area contributed by atoms with Crippen molar-refractivity contribution in [3.63, 3.8) is 0 Å². The number of nitrogens with zero attached hydrogens (tertiary/aromatic N) is 1. The number of aromatic nitrogens is 1. The maximum Gasteiger partial charge on any atom is 0.131 e. The second-order valence-corrected chi connectivity index (χ2v) is 6.60. The molecule has 0 aliphatic rings. The van der Waals surface area contributed by atoms with Gasteiger partial charge in [-0.05, 0) is 31.9 Å². The standard InChI is InChI=1S/C15H19BrN2OS/c1-3-4-15-18-12(9-20-15)8-19-14-7-11(16)5-6-13(14)10(2)17/h5-7,9-10H,3-4,8,17H2,1-2H3/t10-/m0/s1. The second-order valence-electron chi connectivity index (χ2n) is 4.74. The minimum atomic E-state index is -0.0517. The fourth-order valence-electron chi connectivity index (χ4n) is 1.90. The van der Waals surface area contributed by atoms with Gasteiger partial charge in [-0.25, -0.2) is 4.98 Å². The Kier molecular flexibility index (Phi) is 5.57. The summed E-state index contributed by atoms with van der Waals surface area (Å²) in [4.78, 5) is 4.56. The van der Waals surface area contributed by atoms with Crippen LogP contribution >= 0.6 is 27.3 Å². The van der Waals surface area contributed by atoms with E-state index < -0.39 is 0 Å². The number of hydrogen-bond donors (Lipinski definition) is 1. The predicted molar refractivity (Wildman–Crippen MR) is 87.2 cm³/mol. The number of aryl methyl sites for hydroxylation is 1. The van der Waals surface area contributed by atoms with E-state index in [-0.39, 0.29) is 6.04 Å². The number of nitrogens with two attached hydrogens (primary N) is 1. The van der Waals surface area contributed by atoms with Crippen molar-refractivity contribution >= 4 is 27.3 Å². The number of benzene rings is 1. The third-order valence-corrected chi connectivity index (χ3v) is 4.36. The quantitative estimate of drug-likeness (QED) is 0.832. The zero-order valence-electron chi connectivity index (χ0n) is 11.7. The van der Waals surface area contributed by atoms with E-state index in [2.05, 4.69) is 33.2 Å². The molecule has 0 aliphatic heterocycles. The van der Waals surface area contributed by atoms with Crippen molar-refractivity contribution in [3.8, 4) is 5.75 Å². The first-order valence-electron chi connectivity index (χ1n) is 6.71. The van der Waals surface area contributed by atoms with Crippen LogP contribution in [0.3, 0.4) is 0 Å². The van der Waals surface area contributed by atoms with Crippen molar-refractivity contribution in [2.75, 3.05) is 0 Å². The summed E-state index contributed by atoms with van der Waals surface area (Å²) >= 11 is 5.16. The highest BCUT2D eigenvalue weighted by Gasteiger charge is 2.10. The van der Waals surface area contributed by atoms with Crippen molar-refractivity contribution < 1.29 is 4.74 Å². The zero-order chi connectivity index (χ0) is 14.5. The van der Waals surface area contributed by atoms with E-state index in [1.165, 1.54) is 5.01 Å². The summed E-state index contributed by atoms with van der Waals surface area (Å²) in [5.41, 5.74) is 7.96. The molecule has 0 unspecified atom stereocenters. The minimum absolute atomic E-state index is 0.0517. The van der Waals surface area contributed by atoms with E-state index in [0.29, 0.717) is 6.61 Å². The Bertz CT molecular complexity index is 569. The van der Waals surface area contributed by atoms with Crippen LogP contribution in [0.4, 0.5) is 0 Å². The number of rotatable bonds is 6. The normalized spacial score (nSPS) is 12.4. The lowest BCUT2D eigenvalue weighted by molar-refractivity contribution is 0.297. The highest BCUT2D eigenvalue weighted by atomic mass is 79.9. The van der Waals surface area contributed by atoms with Crippen LogP contribution in [0.1, 0.15) is 42.6 Å². The van der Waals surface area contributed by atoms with E-state index in [4.69, 9.17) is 10.5 Å². The molecule has 2 N–H and O–H groups in total. The molecule has 1 aromatic heterocycles. The molecule has 0 saturated carbocycles. The number of hydrogen-bond acceptors (Lipinski definition) is 4. The summed E-state index contributed by atoms with van der Waals surface area (Å²) < 4.78 is 6.88. The number of ether oxygens (including phenoxy) is 1. The van der Waals surface area contributed by atoms with Gasteiger partial charge in [-0.3, -0.25) is 0 Å². The van der Waals surface area contributed by atoms with E-state index in [1.807, 2.05) is 25.1 Å². The molecule has 0 amide bonds. The van der Waals surface area contributed by atoms with E-state index in [9.17, 15) is 0 Å². The summed E-state index contributed by atoms with van der Waals surface area (Å²) in [5, 5.41) is 3.24. The predicted octanol–water partition coefficient (Wildman–Crippen LogP) is 4.46. The van der Waals surface area contributed by atoms with Crippen molar-refractivity contribution in [3.05, 3.63) is 44.3 Å². The van der Waals surface area contributed by atoms with Gasteiger partial charge in [0.05, 0.1) is 10.7 Å². The van der Waals surface area contributed by atoms with Gasteiger partial charge < -0.3 is 10.5 Å². The molecule has 2 aromatic rings. The molecule has 0 bridgehead atoms. The third-order valence-electron chi connectivity index (χ3n) is 2.90. The highest BCUT2D eigenvalue weighted by Crippen LogP contribution is 2.28. The van der Waals surface area contributed by atoms with Crippen LogP contribution in [0.25, 0.3) is 0 Å². The fraction of sp³-hybridized carbons (Fsp3) is 0.400. The summed E-state index contributed by atoms with van der Waals surface area (Å²) in [7, 11) is 0. The minimum Gasteiger partial charge on any atom is -0.487 e. The van der Waals surface area contributed by atoms with Crippen LogP contribution in [-0.4, -0.2) is 4.98 Å². The average Bonchev–Trinajstić information content (AvgIpc) is 2.84. The fourth-order valence-corrected chi connectivity index (χ4v) is 3.13. The first kappa shape index (κ1) is 15.5. The van der Waals surface area contributed by atoms with Crippen molar-refractivity contribution in [2.45, 2.75) is 39.3 Å². The van der Waals surface area contributed by atoms with Crippen LogP contribution in [0.5, 0.6) is 5.75 Å². The van der Waals surface area contributed by atoms with Crippen molar-refractivity contribution in [1.29, 1.82) is 0 Å². The number of thiazole rings is 1. The highest BCUT2D eigenvalue weighted by molar-refractivity contribution is 9.10. The molecule has 1 atom stereocenters. The second kappa shape index (κ2) is 7.20. The summed E-state index contributed by atoms with van der Waals surface area (Å²) in [6.45, 7) is 4.60. The van der Waals surface area contributed by atoms with Crippen molar-refractivity contribution in [1.82, 2.24) is 4.98 Å². The SMILES string of the molecule is CCCc1nc(COc2cc(Br)ccc2[C@H](C)N)cs1. The smallest absolute Gasteiger partial charge is 0.131 e. The Morgan fingerprint density at radius 1 is 1.45 bits per heavy atom. The molecule has 3 nitrogen and oxygen atoms in total. The van der Waals surface area contributed by atoms with Crippen molar-refractivity contribution in [2.24, 2.45) is 5.73 Å². The van der Waals surface area contributed by atoms with Gasteiger partial charge >= 0.3 is 0 Å². The molecule has 1 aromatic carbocycles. The van der Waals surface area contributed by atoms with E-state index >= 15 is 0 Å². The molecule has 1 heterocycles. The zero-order valence-corrected chi connectivity index (χ0v) is 14.1. The Labute approximate surface area is 132 Å². The molecule has 108 valence electrons. The van der Waals surface area contributed by atoms with E-state index in [1.54, 1.807) is 11.3 Å². The molecule has 0 radical (unpaired) electrons. The molecular weight excluding hydrogens is 336 g/mol. The van der Waals surface area contributed by atoms with Gasteiger partial charge in [-0.2, -0.15) is 0 Å². The Balaban J connectivity index is 2.07. The molecular formula is C15H19BrN2OS. The van der Waals surface area contributed by atoms with Gasteiger partial charge in [0.2, 0.25) is 0 Å². The Hall–Kier alpha value is -0.910. The number of halogens is 1. The molecule has 0 spiro atoms. The molecule has 20 heavy (non-hydrogen) atoms. The Morgan fingerprint density at radius 2 is 2.25 bits per heavy atom. The molecule has 2 rings (SSSR count). The van der Waals surface area contributed by atoms with Gasteiger partial charge in [0.25, 0.3) is 0 Å². The molecule has 0 saturated heterocycles. The molecule has 0 fully saturated rings. The lowest BCUT2D eigenvalue weighted by Crippen LogP contribution is -2.08. The average molecular weight is 355 g/mol. The first-order chi connectivity index (χ1) is 9.60. The lowest BCUT2D eigenvalue weighted by Gasteiger charge is -2.13. The van der Waals surface area contributed by atoms with Gasteiger partial charge in [-0.15, -0.1) is 11.3 Å². The molecule has 0 aliphatic carbocycles. The summed E-state index contributed by atoms with van der Waals surface area (Å²) in [6, 6.07) is 5.88. The topological polar surface area (TPSA) is 48.1 Å². The lowest BCUT2D eigenvalue weighted by atomic mass is 10.1. The van der Waals surface area contributed by atoms with Gasteiger partial charge in [0.1, 0.15) is 12.4 Å². The summed E-state index contributed by atoms with van der Waals surface area (Å²) in [6.07, 6.45) is 2.15. The molecule has 5 heteroatoms. The van der Waals surface area contributed by atoms with E-state index in [0.717, 1.165) is 34.3 Å². The van der Waals surface area contributed by atoms with Gasteiger partial charge in [0, 0.05) is 21.5 Å². The largest absolute Gasteiger partial charge is 0.487 e.